The van der Waals surface area contributed by atoms with Gasteiger partial charge in [-0.1, -0.05) is 6.92 Å². The van der Waals surface area contributed by atoms with Crippen molar-refractivity contribution in [2.45, 2.75) is 32.4 Å². The molecule has 0 saturated carbocycles. The molecule has 1 atom stereocenters. The molecular weight excluding hydrogens is 306 g/mol. The van der Waals surface area contributed by atoms with Gasteiger partial charge in [-0.3, -0.25) is 9.67 Å². The van der Waals surface area contributed by atoms with Crippen LogP contribution < -0.4 is 5.32 Å². The molecular formula is C13H18BrN5. The van der Waals surface area contributed by atoms with Gasteiger partial charge in [0, 0.05) is 35.9 Å². The van der Waals surface area contributed by atoms with E-state index >= 15 is 0 Å². The van der Waals surface area contributed by atoms with Gasteiger partial charge in [0.25, 0.3) is 0 Å². The first-order valence-electron chi connectivity index (χ1n) is 6.39. The van der Waals surface area contributed by atoms with Gasteiger partial charge in [-0.25, -0.2) is 4.98 Å². The molecule has 2 aromatic rings. The zero-order chi connectivity index (χ0) is 13.7. The molecule has 0 radical (unpaired) electrons. The van der Waals surface area contributed by atoms with Crippen molar-refractivity contribution in [3.8, 4) is 0 Å². The van der Waals surface area contributed by atoms with Crippen molar-refractivity contribution in [1.29, 1.82) is 0 Å². The highest BCUT2D eigenvalue weighted by Gasteiger charge is 2.14. The molecule has 5 nitrogen and oxygen atoms in total. The summed E-state index contributed by atoms with van der Waals surface area (Å²) in [6, 6.07) is 2.26. The van der Waals surface area contributed by atoms with E-state index in [1.165, 1.54) is 0 Å². The molecule has 2 aromatic heterocycles. The Labute approximate surface area is 121 Å². The third kappa shape index (κ3) is 3.61. The number of halogens is 1. The first kappa shape index (κ1) is 14.1. The topological polar surface area (TPSA) is 55.6 Å². The summed E-state index contributed by atoms with van der Waals surface area (Å²) in [4.78, 5) is 8.56. The summed E-state index contributed by atoms with van der Waals surface area (Å²) in [6.45, 7) is 3.04. The van der Waals surface area contributed by atoms with Crippen molar-refractivity contribution in [1.82, 2.24) is 25.1 Å². The Balaban J connectivity index is 2.17. The fourth-order valence-corrected chi connectivity index (χ4v) is 2.42. The molecule has 0 aromatic carbocycles. The molecule has 102 valence electrons. The summed E-state index contributed by atoms with van der Waals surface area (Å²) in [7, 11) is 1.95. The summed E-state index contributed by atoms with van der Waals surface area (Å²) in [5, 5.41) is 7.57. The molecule has 19 heavy (non-hydrogen) atoms. The number of nitrogens with zero attached hydrogens (tertiary/aromatic N) is 4. The van der Waals surface area contributed by atoms with Gasteiger partial charge in [0.15, 0.2) is 0 Å². The van der Waals surface area contributed by atoms with E-state index in [1.54, 1.807) is 12.5 Å². The molecule has 0 aliphatic rings. The number of pyridine rings is 1. The standard InChI is InChI=1S/C13H18BrN5/c1-3-4-19-13(17-9-18-19)6-12(15-2)10-5-11(14)8-16-7-10/h5,7-9,12,15H,3-4,6H2,1-2H3. The van der Waals surface area contributed by atoms with Crippen LogP contribution in [0.25, 0.3) is 0 Å². The van der Waals surface area contributed by atoms with Gasteiger partial charge in [0.2, 0.25) is 0 Å². The Morgan fingerprint density at radius 1 is 1.42 bits per heavy atom. The number of nitrogens with one attached hydrogen (secondary N) is 1. The minimum Gasteiger partial charge on any atom is -0.313 e. The van der Waals surface area contributed by atoms with Crippen LogP contribution in [0.3, 0.4) is 0 Å². The largest absolute Gasteiger partial charge is 0.313 e. The van der Waals surface area contributed by atoms with Crippen LogP contribution in [0.1, 0.15) is 30.8 Å². The lowest BCUT2D eigenvalue weighted by molar-refractivity contribution is 0.516. The van der Waals surface area contributed by atoms with Gasteiger partial charge in [0.05, 0.1) is 0 Å². The molecule has 6 heteroatoms. The predicted molar refractivity (Wildman–Crippen MR) is 77.8 cm³/mol. The van der Waals surface area contributed by atoms with Gasteiger partial charge in [-0.15, -0.1) is 0 Å². The first-order chi connectivity index (χ1) is 9.24. The number of hydrogen-bond donors (Lipinski definition) is 1. The molecule has 0 amide bonds. The van der Waals surface area contributed by atoms with E-state index in [0.29, 0.717) is 0 Å². The Bertz CT molecular complexity index is 525. The summed E-state index contributed by atoms with van der Waals surface area (Å²) in [5.74, 6) is 1.00. The molecule has 0 saturated heterocycles. The lowest BCUT2D eigenvalue weighted by Crippen LogP contribution is -2.21. The molecule has 0 fully saturated rings. The Morgan fingerprint density at radius 2 is 2.26 bits per heavy atom. The fourth-order valence-electron chi connectivity index (χ4n) is 2.03. The predicted octanol–water partition coefficient (Wildman–Crippen LogP) is 2.35. The summed E-state index contributed by atoms with van der Waals surface area (Å²) >= 11 is 3.45. The molecule has 0 aliphatic heterocycles. The van der Waals surface area contributed by atoms with E-state index in [-0.39, 0.29) is 6.04 Å². The normalized spacial score (nSPS) is 12.6. The van der Waals surface area contributed by atoms with Crippen LogP contribution in [0.4, 0.5) is 0 Å². The summed E-state index contributed by atoms with van der Waals surface area (Å²) in [6.07, 6.45) is 7.15. The average Bonchev–Trinajstić information content (AvgIpc) is 2.84. The second kappa shape index (κ2) is 6.77. The van der Waals surface area contributed by atoms with Gasteiger partial charge in [-0.05, 0) is 41.0 Å². The highest BCUT2D eigenvalue weighted by molar-refractivity contribution is 9.10. The zero-order valence-corrected chi connectivity index (χ0v) is 12.8. The second-order valence-corrected chi connectivity index (χ2v) is 5.30. The Kier molecular flexibility index (Phi) is 5.04. The number of likely N-dealkylation sites (N-methyl/N-ethyl adjacent to an activating group) is 1. The first-order valence-corrected chi connectivity index (χ1v) is 7.18. The lowest BCUT2D eigenvalue weighted by Gasteiger charge is -2.16. The highest BCUT2D eigenvalue weighted by atomic mass is 79.9. The third-order valence-corrected chi connectivity index (χ3v) is 3.43. The summed E-state index contributed by atoms with van der Waals surface area (Å²) in [5.41, 5.74) is 1.14. The Hall–Kier alpha value is -1.27. The van der Waals surface area contributed by atoms with E-state index in [1.807, 2.05) is 17.9 Å². The van der Waals surface area contributed by atoms with Crippen LogP contribution in [0.5, 0.6) is 0 Å². The minimum atomic E-state index is 0.185. The number of aryl methyl sites for hydroxylation is 1. The number of rotatable bonds is 6. The zero-order valence-electron chi connectivity index (χ0n) is 11.2. The monoisotopic (exact) mass is 323 g/mol. The smallest absolute Gasteiger partial charge is 0.138 e. The molecule has 2 heterocycles. The van der Waals surface area contributed by atoms with Crippen molar-refractivity contribution in [2.24, 2.45) is 0 Å². The van der Waals surface area contributed by atoms with E-state index in [4.69, 9.17) is 0 Å². The Morgan fingerprint density at radius 3 is 2.95 bits per heavy atom. The van der Waals surface area contributed by atoms with Crippen molar-refractivity contribution < 1.29 is 0 Å². The van der Waals surface area contributed by atoms with Gasteiger partial charge >= 0.3 is 0 Å². The fraction of sp³-hybridized carbons (Fsp3) is 0.462. The maximum Gasteiger partial charge on any atom is 0.138 e. The van der Waals surface area contributed by atoms with Crippen LogP contribution in [0, 0.1) is 0 Å². The van der Waals surface area contributed by atoms with E-state index in [0.717, 1.165) is 35.2 Å². The lowest BCUT2D eigenvalue weighted by atomic mass is 10.1. The van der Waals surface area contributed by atoms with Crippen LogP contribution >= 0.6 is 15.9 Å². The van der Waals surface area contributed by atoms with Crippen molar-refractivity contribution >= 4 is 15.9 Å². The van der Waals surface area contributed by atoms with Crippen LogP contribution in [-0.2, 0) is 13.0 Å². The SMILES string of the molecule is CCCn1ncnc1CC(NC)c1cncc(Br)c1. The van der Waals surface area contributed by atoms with Crippen molar-refractivity contribution in [3.05, 3.63) is 40.6 Å². The van der Waals surface area contributed by atoms with Crippen molar-refractivity contribution in [3.63, 3.8) is 0 Å². The molecule has 0 bridgehead atoms. The van der Waals surface area contributed by atoms with Crippen molar-refractivity contribution in [2.75, 3.05) is 7.05 Å². The second-order valence-electron chi connectivity index (χ2n) is 4.38. The minimum absolute atomic E-state index is 0.185. The van der Waals surface area contributed by atoms with E-state index < -0.39 is 0 Å². The van der Waals surface area contributed by atoms with E-state index in [9.17, 15) is 0 Å². The maximum absolute atomic E-state index is 4.35. The summed E-state index contributed by atoms with van der Waals surface area (Å²) < 4.78 is 2.95. The quantitative estimate of drug-likeness (QED) is 0.886. The van der Waals surface area contributed by atoms with Gasteiger partial charge < -0.3 is 5.32 Å². The molecule has 0 aliphatic carbocycles. The molecule has 1 N–H and O–H groups in total. The third-order valence-electron chi connectivity index (χ3n) is 2.99. The molecule has 1 unspecified atom stereocenters. The molecule has 0 spiro atoms. The van der Waals surface area contributed by atoms with Gasteiger partial charge in [0.1, 0.15) is 12.2 Å². The molecule has 2 rings (SSSR count). The van der Waals surface area contributed by atoms with Crippen LogP contribution in [0.2, 0.25) is 0 Å². The maximum atomic E-state index is 4.35. The van der Waals surface area contributed by atoms with Crippen LogP contribution in [-0.4, -0.2) is 26.8 Å². The van der Waals surface area contributed by atoms with Gasteiger partial charge in [-0.2, -0.15) is 5.10 Å². The number of hydrogen-bond acceptors (Lipinski definition) is 4. The number of aromatic nitrogens is 4. The van der Waals surface area contributed by atoms with Crippen LogP contribution in [0.15, 0.2) is 29.3 Å². The van der Waals surface area contributed by atoms with E-state index in [2.05, 4.69) is 49.3 Å². The average molecular weight is 324 g/mol. The highest BCUT2D eigenvalue weighted by Crippen LogP contribution is 2.19.